The molecule has 2 aliphatic rings. The molecule has 4 rings (SSSR count). The predicted molar refractivity (Wildman–Crippen MR) is 94.8 cm³/mol. The van der Waals surface area contributed by atoms with Crippen molar-refractivity contribution in [2.24, 2.45) is 0 Å². The lowest BCUT2D eigenvalue weighted by Crippen LogP contribution is -2.33. The molecule has 7 nitrogen and oxygen atoms in total. The third-order valence-electron chi connectivity index (χ3n) is 5.16. The van der Waals surface area contributed by atoms with E-state index in [0.717, 1.165) is 30.5 Å². The summed E-state index contributed by atoms with van der Waals surface area (Å²) >= 11 is 0. The van der Waals surface area contributed by atoms with Crippen LogP contribution in [0.3, 0.4) is 0 Å². The molecule has 0 amide bonds. The fourth-order valence-electron chi connectivity index (χ4n) is 2.99. The first-order valence-electron chi connectivity index (χ1n) is 8.73. The summed E-state index contributed by atoms with van der Waals surface area (Å²) in [6.45, 7) is 0.943. The van der Waals surface area contributed by atoms with Gasteiger partial charge >= 0.3 is 0 Å². The Labute approximate surface area is 142 Å². The van der Waals surface area contributed by atoms with Crippen molar-refractivity contribution in [3.05, 3.63) is 24.0 Å². The van der Waals surface area contributed by atoms with Crippen molar-refractivity contribution in [2.45, 2.75) is 43.6 Å². The zero-order valence-corrected chi connectivity index (χ0v) is 14.3. The predicted octanol–water partition coefficient (Wildman–Crippen LogP) is 2.40. The second-order valence-corrected chi connectivity index (χ2v) is 7.05. The molecule has 2 heterocycles. The van der Waals surface area contributed by atoms with Crippen LogP contribution < -0.4 is 15.5 Å². The Bertz CT molecular complexity index is 702. The number of H-pyrrole nitrogens is 1. The van der Waals surface area contributed by atoms with E-state index in [1.807, 2.05) is 20.2 Å². The second-order valence-electron chi connectivity index (χ2n) is 7.05. The average molecular weight is 327 g/mol. The molecule has 0 aliphatic heterocycles. The average Bonchev–Trinajstić information content (AvgIpc) is 3.53. The van der Waals surface area contributed by atoms with Gasteiger partial charge in [0.25, 0.3) is 0 Å². The molecule has 7 heteroatoms. The highest BCUT2D eigenvalue weighted by molar-refractivity contribution is 5.53. The molecule has 2 saturated carbocycles. The Balaban J connectivity index is 1.38. The molecule has 0 spiro atoms. The van der Waals surface area contributed by atoms with Crippen LogP contribution in [0.15, 0.2) is 18.3 Å². The summed E-state index contributed by atoms with van der Waals surface area (Å²) < 4.78 is 0. The number of aromatic amines is 1. The highest BCUT2D eigenvalue weighted by Crippen LogP contribution is 2.40. The smallest absolute Gasteiger partial charge is 0.227 e. The van der Waals surface area contributed by atoms with Gasteiger partial charge in [0, 0.05) is 43.0 Å². The van der Waals surface area contributed by atoms with Gasteiger partial charge in [0.05, 0.1) is 0 Å². The van der Waals surface area contributed by atoms with Crippen LogP contribution in [0.25, 0.3) is 0 Å². The highest BCUT2D eigenvalue weighted by atomic mass is 15.3. The third kappa shape index (κ3) is 3.36. The number of rotatable bonds is 8. The van der Waals surface area contributed by atoms with Crippen LogP contribution in [0.4, 0.5) is 17.6 Å². The van der Waals surface area contributed by atoms with E-state index in [4.69, 9.17) is 0 Å². The maximum atomic E-state index is 4.61. The minimum atomic E-state index is 0.346. The van der Waals surface area contributed by atoms with Crippen molar-refractivity contribution >= 4 is 17.6 Å². The van der Waals surface area contributed by atoms with E-state index >= 15 is 0 Å². The molecule has 3 N–H and O–H groups in total. The molecule has 2 aromatic heterocycles. The van der Waals surface area contributed by atoms with Gasteiger partial charge in [-0.2, -0.15) is 10.1 Å². The van der Waals surface area contributed by atoms with E-state index in [9.17, 15) is 0 Å². The number of aromatic nitrogens is 4. The standard InChI is InChI=1S/C17H25N7/c1-18-17(6-7-17)8-10-24(2)16-19-9-5-14(21-16)20-15-11-13(22-23-15)12-3-4-12/h5,9,11-12,18H,3-4,6-8,10H2,1-2H3,(H2,19,20,21,22,23). The second kappa shape index (κ2) is 6.05. The van der Waals surface area contributed by atoms with Gasteiger partial charge in [-0.15, -0.1) is 0 Å². The third-order valence-corrected chi connectivity index (χ3v) is 5.16. The molecule has 0 aromatic carbocycles. The summed E-state index contributed by atoms with van der Waals surface area (Å²) in [4.78, 5) is 11.1. The van der Waals surface area contributed by atoms with E-state index < -0.39 is 0 Å². The fourth-order valence-corrected chi connectivity index (χ4v) is 2.99. The van der Waals surface area contributed by atoms with Crippen LogP contribution in [0, 0.1) is 0 Å². The molecule has 2 aromatic rings. The first-order chi connectivity index (χ1) is 11.7. The summed E-state index contributed by atoms with van der Waals surface area (Å²) in [7, 11) is 4.10. The zero-order valence-electron chi connectivity index (χ0n) is 14.3. The number of anilines is 3. The van der Waals surface area contributed by atoms with Gasteiger partial charge in [-0.1, -0.05) is 0 Å². The summed E-state index contributed by atoms with van der Waals surface area (Å²) in [6.07, 6.45) is 7.96. The van der Waals surface area contributed by atoms with Gasteiger partial charge in [-0.25, -0.2) is 4.98 Å². The largest absolute Gasteiger partial charge is 0.344 e. The lowest BCUT2D eigenvalue weighted by Gasteiger charge is -2.21. The van der Waals surface area contributed by atoms with Gasteiger partial charge in [0.2, 0.25) is 5.95 Å². The molecule has 0 radical (unpaired) electrons. The maximum Gasteiger partial charge on any atom is 0.227 e. The summed E-state index contributed by atoms with van der Waals surface area (Å²) in [5.74, 6) is 3.00. The SMILES string of the molecule is CNC1(CCN(C)c2nccc(Nc3cc(C4CC4)[nH]n3)n2)CC1. The van der Waals surface area contributed by atoms with Gasteiger partial charge in [-0.05, 0) is 45.2 Å². The van der Waals surface area contributed by atoms with Crippen LogP contribution in [0.2, 0.25) is 0 Å². The minimum Gasteiger partial charge on any atom is -0.344 e. The fraction of sp³-hybridized carbons (Fsp3) is 0.588. The quantitative estimate of drug-likeness (QED) is 0.691. The van der Waals surface area contributed by atoms with Crippen LogP contribution in [0.5, 0.6) is 0 Å². The number of hydrogen-bond acceptors (Lipinski definition) is 6. The Hall–Kier alpha value is -2.15. The normalized spacial score (nSPS) is 18.4. The molecule has 0 atom stereocenters. The molecule has 0 bridgehead atoms. The van der Waals surface area contributed by atoms with E-state index in [-0.39, 0.29) is 0 Å². The van der Waals surface area contributed by atoms with Crippen molar-refractivity contribution < 1.29 is 0 Å². The van der Waals surface area contributed by atoms with Crippen molar-refractivity contribution in [3.63, 3.8) is 0 Å². The lowest BCUT2D eigenvalue weighted by atomic mass is 10.2. The summed E-state index contributed by atoms with van der Waals surface area (Å²) in [5.41, 5.74) is 1.56. The number of hydrogen-bond donors (Lipinski definition) is 3. The van der Waals surface area contributed by atoms with Gasteiger partial charge in [0.1, 0.15) is 5.82 Å². The van der Waals surface area contributed by atoms with Gasteiger partial charge in [0.15, 0.2) is 5.82 Å². The van der Waals surface area contributed by atoms with Gasteiger partial charge < -0.3 is 15.5 Å². The summed E-state index contributed by atoms with van der Waals surface area (Å²) in [6, 6.07) is 3.95. The van der Waals surface area contributed by atoms with Crippen LogP contribution in [-0.2, 0) is 0 Å². The van der Waals surface area contributed by atoms with Crippen molar-refractivity contribution in [1.29, 1.82) is 0 Å². The Morgan fingerprint density at radius 3 is 2.88 bits per heavy atom. The minimum absolute atomic E-state index is 0.346. The topological polar surface area (TPSA) is 81.8 Å². The first-order valence-corrected chi connectivity index (χ1v) is 8.73. The zero-order chi connectivity index (χ0) is 16.6. The van der Waals surface area contributed by atoms with Crippen molar-refractivity contribution in [2.75, 3.05) is 30.9 Å². The molecule has 0 unspecified atom stereocenters. The highest BCUT2D eigenvalue weighted by Gasteiger charge is 2.40. The number of nitrogens with zero attached hydrogens (tertiary/aromatic N) is 4. The monoisotopic (exact) mass is 327 g/mol. The van der Waals surface area contributed by atoms with Gasteiger partial charge in [-0.3, -0.25) is 5.10 Å². The van der Waals surface area contributed by atoms with Crippen molar-refractivity contribution in [3.8, 4) is 0 Å². The maximum absolute atomic E-state index is 4.61. The lowest BCUT2D eigenvalue weighted by molar-refractivity contribution is 0.509. The molecule has 128 valence electrons. The van der Waals surface area contributed by atoms with Crippen molar-refractivity contribution in [1.82, 2.24) is 25.5 Å². The Morgan fingerprint density at radius 1 is 1.33 bits per heavy atom. The molecule has 24 heavy (non-hydrogen) atoms. The van der Waals surface area contributed by atoms with Crippen LogP contribution in [0.1, 0.15) is 43.7 Å². The molecular formula is C17H25N7. The molecule has 2 aliphatic carbocycles. The Kier molecular flexibility index (Phi) is 3.88. The molecule has 0 saturated heterocycles. The van der Waals surface area contributed by atoms with E-state index in [1.165, 1.54) is 31.4 Å². The van der Waals surface area contributed by atoms with Crippen LogP contribution in [-0.4, -0.2) is 46.3 Å². The number of nitrogens with one attached hydrogen (secondary N) is 3. The van der Waals surface area contributed by atoms with Crippen LogP contribution >= 0.6 is 0 Å². The van der Waals surface area contributed by atoms with E-state index in [1.54, 1.807) is 6.20 Å². The summed E-state index contributed by atoms with van der Waals surface area (Å²) in [5, 5.41) is 14.1. The molecule has 2 fully saturated rings. The Morgan fingerprint density at radius 2 is 2.17 bits per heavy atom. The molecular weight excluding hydrogens is 302 g/mol. The van der Waals surface area contributed by atoms with E-state index in [0.29, 0.717) is 11.5 Å². The van der Waals surface area contributed by atoms with E-state index in [2.05, 4.69) is 41.8 Å². The first kappa shape index (κ1) is 15.4.